The first-order chi connectivity index (χ1) is 12.2. The van der Waals surface area contributed by atoms with Gasteiger partial charge in [0.2, 0.25) is 11.8 Å². The van der Waals surface area contributed by atoms with E-state index in [1.165, 1.54) is 6.42 Å². The first-order valence-corrected chi connectivity index (χ1v) is 8.98. The van der Waals surface area contributed by atoms with Crippen molar-refractivity contribution in [2.75, 3.05) is 32.9 Å². The molecule has 1 aromatic carbocycles. The van der Waals surface area contributed by atoms with Gasteiger partial charge in [-0.15, -0.1) is 0 Å². The van der Waals surface area contributed by atoms with Crippen molar-refractivity contribution < 1.29 is 19.1 Å². The highest BCUT2D eigenvalue weighted by Gasteiger charge is 2.22. The van der Waals surface area contributed by atoms with Gasteiger partial charge >= 0.3 is 0 Å². The summed E-state index contributed by atoms with van der Waals surface area (Å²) >= 11 is 0. The summed E-state index contributed by atoms with van der Waals surface area (Å²) in [6.45, 7) is 3.98. The molecule has 0 unspecified atom stereocenters. The summed E-state index contributed by atoms with van der Waals surface area (Å²) in [5, 5.41) is 2.72. The molecule has 0 aliphatic carbocycles. The molecule has 2 rings (SSSR count). The molecule has 1 saturated heterocycles. The number of ether oxygens (including phenoxy) is 2. The van der Waals surface area contributed by atoms with Crippen LogP contribution >= 0.6 is 0 Å². The minimum atomic E-state index is -0.209. The molecule has 1 fully saturated rings. The van der Waals surface area contributed by atoms with Crippen LogP contribution in [0.5, 0.6) is 5.75 Å². The number of benzene rings is 1. The fourth-order valence-corrected chi connectivity index (χ4v) is 2.87. The maximum atomic E-state index is 12.2. The molecule has 0 bridgehead atoms. The van der Waals surface area contributed by atoms with Crippen molar-refractivity contribution in [3.8, 4) is 5.75 Å². The topological polar surface area (TPSA) is 67.9 Å². The van der Waals surface area contributed by atoms with E-state index in [0.29, 0.717) is 32.2 Å². The predicted molar refractivity (Wildman–Crippen MR) is 95.4 cm³/mol. The van der Waals surface area contributed by atoms with Crippen molar-refractivity contribution in [3.63, 3.8) is 0 Å². The lowest BCUT2D eigenvalue weighted by molar-refractivity contribution is -0.134. The molecule has 1 aliphatic heterocycles. The number of likely N-dealkylation sites (tertiary alicyclic amines) is 1. The Labute approximate surface area is 149 Å². The number of carbonyl (C=O) groups is 2. The largest absolute Gasteiger partial charge is 0.491 e. The molecule has 1 aliphatic rings. The molecular formula is C19H28N2O4. The fourth-order valence-electron chi connectivity index (χ4n) is 2.87. The van der Waals surface area contributed by atoms with Crippen molar-refractivity contribution in [1.29, 1.82) is 0 Å². The lowest BCUT2D eigenvalue weighted by Crippen LogP contribution is -2.43. The van der Waals surface area contributed by atoms with Gasteiger partial charge in [0.25, 0.3) is 0 Å². The Kier molecular flexibility index (Phi) is 8.25. The Balaban J connectivity index is 1.50. The average Bonchev–Trinajstić information content (AvgIpc) is 2.62. The monoisotopic (exact) mass is 348 g/mol. The predicted octanol–water partition coefficient (Wildman–Crippen LogP) is 1.99. The summed E-state index contributed by atoms with van der Waals surface area (Å²) in [5.41, 5.74) is 0. The van der Waals surface area contributed by atoms with Gasteiger partial charge in [-0.2, -0.15) is 0 Å². The highest BCUT2D eigenvalue weighted by molar-refractivity contribution is 5.79. The summed E-state index contributed by atoms with van der Waals surface area (Å²) in [7, 11) is 0. The van der Waals surface area contributed by atoms with Crippen LogP contribution in [0.15, 0.2) is 30.3 Å². The van der Waals surface area contributed by atoms with Gasteiger partial charge in [0, 0.05) is 25.6 Å². The van der Waals surface area contributed by atoms with E-state index in [4.69, 9.17) is 9.47 Å². The van der Waals surface area contributed by atoms with Crippen molar-refractivity contribution in [2.24, 2.45) is 0 Å². The molecule has 0 saturated carbocycles. The fraction of sp³-hybridized carbons (Fsp3) is 0.579. The number of hydrogen-bond donors (Lipinski definition) is 1. The molecule has 1 N–H and O–H groups in total. The molecule has 25 heavy (non-hydrogen) atoms. The lowest BCUT2D eigenvalue weighted by atomic mass is 10.0. The second kappa shape index (κ2) is 10.7. The zero-order valence-electron chi connectivity index (χ0n) is 14.9. The first kappa shape index (κ1) is 19.2. The van der Waals surface area contributed by atoms with Gasteiger partial charge in [0.15, 0.2) is 0 Å². The van der Waals surface area contributed by atoms with Crippen LogP contribution in [0.2, 0.25) is 0 Å². The third-order valence-electron chi connectivity index (χ3n) is 4.26. The van der Waals surface area contributed by atoms with E-state index < -0.39 is 0 Å². The van der Waals surface area contributed by atoms with E-state index in [0.717, 1.165) is 25.1 Å². The van der Waals surface area contributed by atoms with Crippen LogP contribution in [0.25, 0.3) is 0 Å². The number of rotatable bonds is 9. The number of nitrogens with zero attached hydrogens (tertiary/aromatic N) is 1. The van der Waals surface area contributed by atoms with Crippen LogP contribution in [0.4, 0.5) is 0 Å². The summed E-state index contributed by atoms with van der Waals surface area (Å²) in [4.78, 5) is 25.8. The van der Waals surface area contributed by atoms with Gasteiger partial charge in [-0.3, -0.25) is 9.59 Å². The zero-order chi connectivity index (χ0) is 17.9. The van der Waals surface area contributed by atoms with Crippen molar-refractivity contribution >= 4 is 11.8 Å². The number of nitrogens with one attached hydrogen (secondary N) is 1. The average molecular weight is 348 g/mol. The number of piperidine rings is 1. The highest BCUT2D eigenvalue weighted by Crippen LogP contribution is 2.16. The number of amides is 2. The minimum Gasteiger partial charge on any atom is -0.491 e. The second-order valence-corrected chi connectivity index (χ2v) is 6.25. The molecule has 138 valence electrons. The number of hydrogen-bond acceptors (Lipinski definition) is 4. The molecule has 1 atom stereocenters. The molecule has 0 radical (unpaired) electrons. The van der Waals surface area contributed by atoms with Crippen molar-refractivity contribution in [1.82, 2.24) is 10.2 Å². The van der Waals surface area contributed by atoms with E-state index in [1.807, 2.05) is 35.2 Å². The first-order valence-electron chi connectivity index (χ1n) is 8.98. The van der Waals surface area contributed by atoms with E-state index in [9.17, 15) is 9.59 Å². The summed E-state index contributed by atoms with van der Waals surface area (Å²) in [6, 6.07) is 9.76. The maximum absolute atomic E-state index is 12.2. The van der Waals surface area contributed by atoms with Crippen LogP contribution in [-0.2, 0) is 14.3 Å². The molecule has 1 heterocycles. The van der Waals surface area contributed by atoms with Gasteiger partial charge < -0.3 is 19.7 Å². The molecule has 0 spiro atoms. The highest BCUT2D eigenvalue weighted by atomic mass is 16.5. The Hall–Kier alpha value is -2.08. The summed E-state index contributed by atoms with van der Waals surface area (Å²) < 4.78 is 10.7. The lowest BCUT2D eigenvalue weighted by Gasteiger charge is -2.33. The second-order valence-electron chi connectivity index (χ2n) is 6.25. The number of para-hydroxylation sites is 1. The summed E-state index contributed by atoms with van der Waals surface area (Å²) in [5.74, 6) is 0.685. The molecule has 1 aromatic rings. The van der Waals surface area contributed by atoms with Gasteiger partial charge in [0.05, 0.1) is 6.61 Å². The van der Waals surface area contributed by atoms with E-state index in [1.54, 1.807) is 0 Å². The Bertz CT molecular complexity index is 535. The van der Waals surface area contributed by atoms with Crippen LogP contribution in [0.3, 0.4) is 0 Å². The van der Waals surface area contributed by atoms with Crippen LogP contribution in [0.1, 0.15) is 32.6 Å². The Morgan fingerprint density at radius 1 is 1.20 bits per heavy atom. The Morgan fingerprint density at radius 2 is 2.00 bits per heavy atom. The van der Waals surface area contributed by atoms with Crippen LogP contribution < -0.4 is 10.1 Å². The quantitative estimate of drug-likeness (QED) is 0.693. The van der Waals surface area contributed by atoms with Crippen molar-refractivity contribution in [3.05, 3.63) is 30.3 Å². The smallest absolute Gasteiger partial charge is 0.246 e. The van der Waals surface area contributed by atoms with Gasteiger partial charge in [0.1, 0.15) is 19.0 Å². The number of carbonyl (C=O) groups excluding carboxylic acids is 2. The molecule has 2 amide bonds. The van der Waals surface area contributed by atoms with E-state index >= 15 is 0 Å². The Morgan fingerprint density at radius 3 is 2.76 bits per heavy atom. The minimum absolute atomic E-state index is 0.0214. The standard InChI is InChI=1S/C19H28N2O4/c1-16-7-5-6-12-21(16)19(23)10-11-20-18(22)15-24-13-14-25-17-8-3-2-4-9-17/h2-4,8-9,16H,5-7,10-15H2,1H3,(H,20,22)/t16-/m0/s1. The molecule has 0 aromatic heterocycles. The van der Waals surface area contributed by atoms with Crippen LogP contribution in [-0.4, -0.2) is 55.7 Å². The maximum Gasteiger partial charge on any atom is 0.246 e. The third-order valence-corrected chi connectivity index (χ3v) is 4.26. The SMILES string of the molecule is C[C@H]1CCCCN1C(=O)CCNC(=O)COCCOc1ccccc1. The normalized spacial score (nSPS) is 17.2. The van der Waals surface area contributed by atoms with Gasteiger partial charge in [-0.05, 0) is 38.3 Å². The molecule has 6 heteroatoms. The van der Waals surface area contributed by atoms with E-state index in [2.05, 4.69) is 12.2 Å². The van der Waals surface area contributed by atoms with E-state index in [-0.39, 0.29) is 18.4 Å². The van der Waals surface area contributed by atoms with Gasteiger partial charge in [-0.25, -0.2) is 0 Å². The molecule has 6 nitrogen and oxygen atoms in total. The third kappa shape index (κ3) is 7.13. The zero-order valence-corrected chi connectivity index (χ0v) is 14.9. The summed E-state index contributed by atoms with van der Waals surface area (Å²) in [6.07, 6.45) is 3.67. The molecular weight excluding hydrogens is 320 g/mol. The van der Waals surface area contributed by atoms with Crippen molar-refractivity contribution in [2.45, 2.75) is 38.6 Å². The van der Waals surface area contributed by atoms with Crippen LogP contribution in [0, 0.1) is 0 Å². The van der Waals surface area contributed by atoms with Gasteiger partial charge in [-0.1, -0.05) is 18.2 Å².